The van der Waals surface area contributed by atoms with Crippen molar-refractivity contribution in [1.82, 2.24) is 10.2 Å². The van der Waals surface area contributed by atoms with Gasteiger partial charge < -0.3 is 14.8 Å². The maximum atomic E-state index is 12.9. The van der Waals surface area contributed by atoms with E-state index in [4.69, 9.17) is 9.47 Å². The predicted octanol–water partition coefficient (Wildman–Crippen LogP) is 2.69. The average molecular weight is 341 g/mol. The van der Waals surface area contributed by atoms with Gasteiger partial charge in [0.2, 0.25) is 5.91 Å². The first kappa shape index (κ1) is 17.5. The van der Waals surface area contributed by atoms with E-state index < -0.39 is 23.5 Å². The molecule has 1 aromatic carbocycles. The lowest BCUT2D eigenvalue weighted by Gasteiger charge is -2.12. The second-order valence-electron chi connectivity index (χ2n) is 4.74. The average Bonchev–Trinajstić information content (AvgIpc) is 2.53. The maximum absolute atomic E-state index is 12.9. The molecular formula is C15H14F3N3O3. The summed E-state index contributed by atoms with van der Waals surface area (Å²) in [6.45, 7) is 0. The van der Waals surface area contributed by atoms with Gasteiger partial charge in [0.25, 0.3) is 0 Å². The Bertz CT molecular complexity index is 713. The Morgan fingerprint density at radius 1 is 1.17 bits per heavy atom. The Labute approximate surface area is 135 Å². The zero-order chi connectivity index (χ0) is 17.7. The molecule has 0 atom stereocenters. The molecule has 0 aliphatic heterocycles. The summed E-state index contributed by atoms with van der Waals surface area (Å²) in [6.07, 6.45) is -3.91. The summed E-state index contributed by atoms with van der Waals surface area (Å²) in [7, 11) is 2.90. The first-order chi connectivity index (χ1) is 11.3. The molecule has 1 N–H and O–H groups in total. The fraction of sp³-hybridized carbons (Fsp3) is 0.267. The number of benzene rings is 1. The molecule has 128 valence electrons. The summed E-state index contributed by atoms with van der Waals surface area (Å²) in [4.78, 5) is 12.0. The van der Waals surface area contributed by atoms with Crippen molar-refractivity contribution >= 4 is 11.7 Å². The van der Waals surface area contributed by atoms with E-state index in [0.717, 1.165) is 12.3 Å². The van der Waals surface area contributed by atoms with Crippen molar-refractivity contribution < 1.29 is 27.4 Å². The number of aromatic nitrogens is 2. The van der Waals surface area contributed by atoms with E-state index in [0.29, 0.717) is 17.1 Å². The summed E-state index contributed by atoms with van der Waals surface area (Å²) < 4.78 is 48.8. The van der Waals surface area contributed by atoms with Gasteiger partial charge in [0.05, 0.1) is 26.8 Å². The molecule has 0 radical (unpaired) electrons. The van der Waals surface area contributed by atoms with Gasteiger partial charge in [-0.3, -0.25) is 4.79 Å². The minimum atomic E-state index is -4.64. The Morgan fingerprint density at radius 2 is 1.79 bits per heavy atom. The number of hydrogen-bond donors (Lipinski definition) is 1. The van der Waals surface area contributed by atoms with Gasteiger partial charge in [0, 0.05) is 6.07 Å². The number of methoxy groups -OCH3 is 2. The lowest BCUT2D eigenvalue weighted by Crippen LogP contribution is -2.19. The summed E-state index contributed by atoms with van der Waals surface area (Å²) in [5.41, 5.74) is -0.546. The topological polar surface area (TPSA) is 73.3 Å². The lowest BCUT2D eigenvalue weighted by molar-refractivity contribution is -0.137. The Hall–Kier alpha value is -2.84. The monoisotopic (exact) mass is 341 g/mol. The van der Waals surface area contributed by atoms with Crippen LogP contribution in [-0.4, -0.2) is 30.3 Å². The fourth-order valence-electron chi connectivity index (χ4n) is 1.98. The molecule has 1 heterocycles. The number of alkyl halides is 3. The van der Waals surface area contributed by atoms with Gasteiger partial charge in [-0.25, -0.2) is 0 Å². The molecule has 1 amide bonds. The molecule has 0 unspecified atom stereocenters. The molecule has 2 aromatic rings. The number of nitrogens with one attached hydrogen (secondary N) is 1. The normalized spacial score (nSPS) is 11.0. The van der Waals surface area contributed by atoms with Gasteiger partial charge >= 0.3 is 6.18 Å². The number of amides is 1. The molecule has 24 heavy (non-hydrogen) atoms. The van der Waals surface area contributed by atoms with Crippen molar-refractivity contribution in [2.24, 2.45) is 0 Å². The van der Waals surface area contributed by atoms with E-state index >= 15 is 0 Å². The van der Waals surface area contributed by atoms with E-state index in [1.807, 2.05) is 0 Å². The smallest absolute Gasteiger partial charge is 0.420 e. The van der Waals surface area contributed by atoms with Crippen LogP contribution in [0.4, 0.5) is 19.0 Å². The highest BCUT2D eigenvalue weighted by molar-refractivity contribution is 5.92. The highest BCUT2D eigenvalue weighted by atomic mass is 19.4. The van der Waals surface area contributed by atoms with Crippen LogP contribution < -0.4 is 14.8 Å². The number of rotatable bonds is 5. The molecule has 0 aliphatic carbocycles. The number of carbonyl (C=O) groups excluding carboxylic acids is 1. The van der Waals surface area contributed by atoms with Crippen LogP contribution >= 0.6 is 0 Å². The molecule has 0 saturated heterocycles. The molecule has 1 aromatic heterocycles. The van der Waals surface area contributed by atoms with E-state index in [-0.39, 0.29) is 6.42 Å². The third kappa shape index (κ3) is 4.34. The van der Waals surface area contributed by atoms with Crippen molar-refractivity contribution in [2.45, 2.75) is 12.6 Å². The minimum absolute atomic E-state index is 0.179. The van der Waals surface area contributed by atoms with Crippen LogP contribution in [-0.2, 0) is 17.4 Å². The molecule has 0 aliphatic rings. The molecule has 9 heteroatoms. The Kier molecular flexibility index (Phi) is 5.22. The largest absolute Gasteiger partial charge is 0.497 e. The summed E-state index contributed by atoms with van der Waals surface area (Å²) in [6, 6.07) is 5.54. The van der Waals surface area contributed by atoms with Crippen molar-refractivity contribution in [3.8, 4) is 11.5 Å². The highest BCUT2D eigenvalue weighted by Gasteiger charge is 2.34. The SMILES string of the molecule is COc1cc(CC(=O)Nc2nnccc2C(F)(F)F)cc(OC)c1. The molecule has 0 saturated carbocycles. The zero-order valence-corrected chi connectivity index (χ0v) is 12.8. The van der Waals surface area contributed by atoms with Crippen LogP contribution in [0.1, 0.15) is 11.1 Å². The van der Waals surface area contributed by atoms with E-state index in [2.05, 4.69) is 15.5 Å². The first-order valence-corrected chi connectivity index (χ1v) is 6.74. The van der Waals surface area contributed by atoms with E-state index in [1.165, 1.54) is 14.2 Å². The molecule has 2 rings (SSSR count). The zero-order valence-electron chi connectivity index (χ0n) is 12.8. The van der Waals surface area contributed by atoms with Crippen molar-refractivity contribution in [3.63, 3.8) is 0 Å². The molecule has 6 nitrogen and oxygen atoms in total. The van der Waals surface area contributed by atoms with Crippen LogP contribution in [0.25, 0.3) is 0 Å². The van der Waals surface area contributed by atoms with Gasteiger partial charge in [0.15, 0.2) is 5.82 Å². The van der Waals surface area contributed by atoms with Crippen LogP contribution in [0.5, 0.6) is 11.5 Å². The van der Waals surface area contributed by atoms with Gasteiger partial charge in [-0.2, -0.15) is 18.3 Å². The summed E-state index contributed by atoms with van der Waals surface area (Å²) in [5.74, 6) is -0.374. The van der Waals surface area contributed by atoms with Crippen LogP contribution in [0.15, 0.2) is 30.5 Å². The van der Waals surface area contributed by atoms with Gasteiger partial charge in [-0.1, -0.05) is 0 Å². The molecule has 0 fully saturated rings. The number of ether oxygens (including phenoxy) is 2. The second-order valence-corrected chi connectivity index (χ2v) is 4.74. The Morgan fingerprint density at radius 3 is 2.33 bits per heavy atom. The van der Waals surface area contributed by atoms with Gasteiger partial charge in [-0.05, 0) is 23.8 Å². The maximum Gasteiger partial charge on any atom is 0.420 e. The summed E-state index contributed by atoms with van der Waals surface area (Å²) in [5, 5.41) is 8.84. The molecule has 0 spiro atoms. The minimum Gasteiger partial charge on any atom is -0.497 e. The molecular weight excluding hydrogens is 327 g/mol. The third-order valence-electron chi connectivity index (χ3n) is 3.06. The quantitative estimate of drug-likeness (QED) is 0.905. The van der Waals surface area contributed by atoms with Gasteiger partial charge in [-0.15, -0.1) is 5.10 Å². The number of anilines is 1. The predicted molar refractivity (Wildman–Crippen MR) is 78.9 cm³/mol. The highest BCUT2D eigenvalue weighted by Crippen LogP contribution is 2.33. The first-order valence-electron chi connectivity index (χ1n) is 6.74. The van der Waals surface area contributed by atoms with Crippen molar-refractivity contribution in [2.75, 3.05) is 19.5 Å². The second kappa shape index (κ2) is 7.16. The van der Waals surface area contributed by atoms with E-state index in [1.54, 1.807) is 18.2 Å². The molecule has 0 bridgehead atoms. The van der Waals surface area contributed by atoms with Crippen LogP contribution in [0.2, 0.25) is 0 Å². The standard InChI is InChI=1S/C15H14F3N3O3/c1-23-10-5-9(6-11(8-10)24-2)7-13(22)20-14-12(15(16,17)18)3-4-19-21-14/h3-6,8H,7H2,1-2H3,(H,20,21,22). The number of halogens is 3. The van der Waals surface area contributed by atoms with E-state index in [9.17, 15) is 18.0 Å². The lowest BCUT2D eigenvalue weighted by atomic mass is 10.1. The Balaban J connectivity index is 2.18. The third-order valence-corrected chi connectivity index (χ3v) is 3.06. The van der Waals surface area contributed by atoms with Gasteiger partial charge in [0.1, 0.15) is 17.1 Å². The van der Waals surface area contributed by atoms with Crippen LogP contribution in [0.3, 0.4) is 0 Å². The van der Waals surface area contributed by atoms with Crippen molar-refractivity contribution in [3.05, 3.63) is 41.6 Å². The van der Waals surface area contributed by atoms with Crippen molar-refractivity contribution in [1.29, 1.82) is 0 Å². The number of carbonyl (C=O) groups is 1. The fourth-order valence-corrected chi connectivity index (χ4v) is 1.98. The summed E-state index contributed by atoms with van der Waals surface area (Å²) >= 11 is 0. The van der Waals surface area contributed by atoms with Crippen LogP contribution in [0, 0.1) is 0 Å². The number of hydrogen-bond acceptors (Lipinski definition) is 5. The number of nitrogens with zero attached hydrogens (tertiary/aromatic N) is 2.